The molecule has 0 aliphatic carbocycles. The number of rotatable bonds is 8. The molecule has 36 heavy (non-hydrogen) atoms. The van der Waals surface area contributed by atoms with Crippen LogP contribution >= 0.6 is 47.0 Å². The van der Waals surface area contributed by atoms with E-state index >= 15 is 0 Å². The van der Waals surface area contributed by atoms with E-state index in [0.717, 1.165) is 11.1 Å². The molecule has 188 valence electrons. The van der Waals surface area contributed by atoms with Crippen molar-refractivity contribution in [2.75, 3.05) is 11.9 Å². The number of carbonyl (C=O) groups excluding carboxylic acids is 2. The van der Waals surface area contributed by atoms with Crippen molar-refractivity contribution in [1.82, 2.24) is 10.6 Å². The molecule has 0 bridgehead atoms. The molecule has 3 rings (SSSR count). The summed E-state index contributed by atoms with van der Waals surface area (Å²) < 4.78 is 3.13. The second-order valence-corrected chi connectivity index (χ2v) is 10.4. The first-order valence-electron chi connectivity index (χ1n) is 11.0. The fourth-order valence-corrected chi connectivity index (χ4v) is 4.04. The number of para-hydroxylation sites is 1. The van der Waals surface area contributed by atoms with Gasteiger partial charge in [0.25, 0.3) is 0 Å². The number of benzene rings is 3. The van der Waals surface area contributed by atoms with Crippen molar-refractivity contribution in [1.29, 1.82) is 0 Å². The number of anilines is 1. The quantitative estimate of drug-likeness (QED) is 0.139. The molecule has 0 aromatic heterocycles. The van der Waals surface area contributed by atoms with Gasteiger partial charge in [-0.1, -0.05) is 108 Å². The van der Waals surface area contributed by atoms with Crippen LogP contribution in [0.3, 0.4) is 0 Å². The molecule has 3 aromatic rings. The highest BCUT2D eigenvalue weighted by Gasteiger charge is 2.37. The van der Waals surface area contributed by atoms with E-state index in [1.807, 2.05) is 60.7 Å². The van der Waals surface area contributed by atoms with E-state index in [4.69, 9.17) is 51.8 Å². The van der Waals surface area contributed by atoms with Crippen LogP contribution in [-0.4, -0.2) is 33.6 Å². The van der Waals surface area contributed by atoms with Gasteiger partial charge < -0.3 is 20.7 Å². The van der Waals surface area contributed by atoms with E-state index in [0.29, 0.717) is 5.69 Å². The lowest BCUT2D eigenvalue weighted by Crippen LogP contribution is -2.57. The lowest BCUT2D eigenvalue weighted by atomic mass is 9.90. The fraction of sp³-hybridized carbons (Fsp3) is 0.192. The SMILES string of the molecule is CCOC(=O)c1ccccc1NC(=S)NC(NC(=O)C(c1ccccc1)c1ccccc1)C(Cl)(Cl)Cl. The number of nitrogens with one attached hydrogen (secondary N) is 3. The minimum atomic E-state index is -1.96. The summed E-state index contributed by atoms with van der Waals surface area (Å²) in [6, 6.07) is 25.2. The summed E-state index contributed by atoms with van der Waals surface area (Å²) >= 11 is 24.0. The summed E-state index contributed by atoms with van der Waals surface area (Å²) in [4.78, 5) is 25.8. The van der Waals surface area contributed by atoms with Gasteiger partial charge in [0.15, 0.2) is 5.11 Å². The molecular formula is C26H24Cl3N3O3S. The Hall–Kier alpha value is -2.84. The number of thiocarbonyl (C=S) groups is 1. The monoisotopic (exact) mass is 563 g/mol. The molecular weight excluding hydrogens is 541 g/mol. The number of amides is 1. The summed E-state index contributed by atoms with van der Waals surface area (Å²) in [5.41, 5.74) is 2.22. The molecule has 0 spiro atoms. The zero-order valence-corrected chi connectivity index (χ0v) is 22.3. The molecule has 0 fully saturated rings. The lowest BCUT2D eigenvalue weighted by Gasteiger charge is -2.30. The first-order valence-corrected chi connectivity index (χ1v) is 12.6. The molecule has 0 radical (unpaired) electrons. The van der Waals surface area contributed by atoms with E-state index in [1.54, 1.807) is 31.2 Å². The molecule has 0 heterocycles. The van der Waals surface area contributed by atoms with Gasteiger partial charge >= 0.3 is 5.97 Å². The van der Waals surface area contributed by atoms with E-state index in [9.17, 15) is 9.59 Å². The van der Waals surface area contributed by atoms with Crippen LogP contribution in [0.2, 0.25) is 0 Å². The highest BCUT2D eigenvalue weighted by Crippen LogP contribution is 2.31. The largest absolute Gasteiger partial charge is 0.462 e. The molecule has 3 aromatic carbocycles. The highest BCUT2D eigenvalue weighted by molar-refractivity contribution is 7.80. The molecule has 0 aliphatic heterocycles. The van der Waals surface area contributed by atoms with Gasteiger partial charge in [0.05, 0.1) is 23.8 Å². The molecule has 0 saturated heterocycles. The maximum Gasteiger partial charge on any atom is 0.340 e. The van der Waals surface area contributed by atoms with Crippen molar-refractivity contribution in [2.45, 2.75) is 22.8 Å². The first kappa shape index (κ1) is 27.7. The first-order chi connectivity index (χ1) is 17.2. The Kier molecular flexibility index (Phi) is 9.96. The van der Waals surface area contributed by atoms with Crippen molar-refractivity contribution < 1.29 is 14.3 Å². The van der Waals surface area contributed by atoms with Crippen LogP contribution in [0.5, 0.6) is 0 Å². The predicted octanol–water partition coefficient (Wildman–Crippen LogP) is 5.79. The Morgan fingerprint density at radius 3 is 1.92 bits per heavy atom. The lowest BCUT2D eigenvalue weighted by molar-refractivity contribution is -0.122. The van der Waals surface area contributed by atoms with Crippen molar-refractivity contribution in [2.24, 2.45) is 0 Å². The van der Waals surface area contributed by atoms with Crippen LogP contribution in [-0.2, 0) is 9.53 Å². The van der Waals surface area contributed by atoms with Gasteiger partial charge in [0, 0.05) is 0 Å². The van der Waals surface area contributed by atoms with Gasteiger partial charge in [-0.3, -0.25) is 4.79 Å². The smallest absolute Gasteiger partial charge is 0.340 e. The van der Waals surface area contributed by atoms with E-state index in [-0.39, 0.29) is 17.3 Å². The summed E-state index contributed by atoms with van der Waals surface area (Å²) in [6.45, 7) is 1.94. The molecule has 1 unspecified atom stereocenters. The van der Waals surface area contributed by atoms with Crippen molar-refractivity contribution in [3.8, 4) is 0 Å². The van der Waals surface area contributed by atoms with Gasteiger partial charge in [-0.15, -0.1) is 0 Å². The van der Waals surface area contributed by atoms with Crippen LogP contribution < -0.4 is 16.0 Å². The van der Waals surface area contributed by atoms with Crippen molar-refractivity contribution >= 4 is 69.7 Å². The van der Waals surface area contributed by atoms with Crippen LogP contribution in [0.15, 0.2) is 84.9 Å². The molecule has 3 N–H and O–H groups in total. The normalized spacial score (nSPS) is 11.9. The predicted molar refractivity (Wildman–Crippen MR) is 149 cm³/mol. The average Bonchev–Trinajstić information content (AvgIpc) is 2.85. The van der Waals surface area contributed by atoms with Gasteiger partial charge in [-0.25, -0.2) is 4.79 Å². The third kappa shape index (κ3) is 7.58. The molecule has 1 atom stereocenters. The van der Waals surface area contributed by atoms with Crippen LogP contribution in [0, 0.1) is 0 Å². The van der Waals surface area contributed by atoms with Gasteiger partial charge in [-0.05, 0) is 42.4 Å². The zero-order chi connectivity index (χ0) is 26.1. The molecule has 0 saturated carbocycles. The minimum absolute atomic E-state index is 0.0272. The average molecular weight is 565 g/mol. The van der Waals surface area contributed by atoms with Crippen molar-refractivity contribution in [3.05, 3.63) is 102 Å². The Labute approximate surface area is 230 Å². The van der Waals surface area contributed by atoms with Gasteiger partial charge in [-0.2, -0.15) is 0 Å². The van der Waals surface area contributed by atoms with Gasteiger partial charge in [0.1, 0.15) is 6.17 Å². The number of ether oxygens (including phenoxy) is 1. The Balaban J connectivity index is 1.81. The number of hydrogen-bond acceptors (Lipinski definition) is 4. The Bertz CT molecular complexity index is 1150. The minimum Gasteiger partial charge on any atom is -0.462 e. The summed E-state index contributed by atoms with van der Waals surface area (Å²) in [5, 5.41) is 8.53. The number of alkyl halides is 3. The van der Waals surface area contributed by atoms with E-state index < -0.39 is 27.8 Å². The third-order valence-electron chi connectivity index (χ3n) is 5.09. The summed E-state index contributed by atoms with van der Waals surface area (Å²) in [7, 11) is 0. The van der Waals surface area contributed by atoms with Crippen LogP contribution in [0.25, 0.3) is 0 Å². The number of esters is 1. The molecule has 10 heteroatoms. The van der Waals surface area contributed by atoms with Crippen LogP contribution in [0.1, 0.15) is 34.3 Å². The molecule has 6 nitrogen and oxygen atoms in total. The third-order valence-corrected chi connectivity index (χ3v) is 5.96. The van der Waals surface area contributed by atoms with E-state index in [1.165, 1.54) is 0 Å². The topological polar surface area (TPSA) is 79.5 Å². The summed E-state index contributed by atoms with van der Waals surface area (Å²) in [6.07, 6.45) is -1.19. The van der Waals surface area contributed by atoms with E-state index in [2.05, 4.69) is 16.0 Å². The Morgan fingerprint density at radius 2 is 1.39 bits per heavy atom. The maximum atomic E-state index is 13.5. The van der Waals surface area contributed by atoms with Gasteiger partial charge in [0.2, 0.25) is 9.70 Å². The summed E-state index contributed by atoms with van der Waals surface area (Å²) in [5.74, 6) is -1.57. The fourth-order valence-electron chi connectivity index (χ4n) is 3.48. The number of carbonyl (C=O) groups is 2. The maximum absolute atomic E-state index is 13.5. The number of halogens is 3. The van der Waals surface area contributed by atoms with Crippen molar-refractivity contribution in [3.63, 3.8) is 0 Å². The highest BCUT2D eigenvalue weighted by atomic mass is 35.6. The number of hydrogen-bond donors (Lipinski definition) is 3. The van der Waals surface area contributed by atoms with Crippen LogP contribution in [0.4, 0.5) is 5.69 Å². The molecule has 0 aliphatic rings. The zero-order valence-electron chi connectivity index (χ0n) is 19.2. The molecule has 1 amide bonds. The second-order valence-electron chi connectivity index (χ2n) is 7.60. The standard InChI is InChI=1S/C26H24Cl3N3O3S/c1-2-35-23(34)19-15-9-10-16-20(19)30-25(36)32-24(26(27,28)29)31-22(33)21(17-11-5-3-6-12-17)18-13-7-4-8-14-18/h3-16,21,24H,2H2,1H3,(H,31,33)(H2,30,32,36). The second kappa shape index (κ2) is 12.9. The Morgan fingerprint density at radius 1 is 0.861 bits per heavy atom.